The van der Waals surface area contributed by atoms with E-state index in [9.17, 15) is 5.11 Å². The lowest BCUT2D eigenvalue weighted by Gasteiger charge is -2.46. The van der Waals surface area contributed by atoms with Crippen LogP contribution in [0.15, 0.2) is 133 Å². The van der Waals surface area contributed by atoms with Crippen LogP contribution in [0.5, 0.6) is 5.75 Å². The highest BCUT2D eigenvalue weighted by molar-refractivity contribution is 6.12. The molecule has 2 amide bonds. The molecule has 0 aliphatic carbocycles. The predicted octanol–water partition coefficient (Wildman–Crippen LogP) is 7.60. The minimum absolute atomic E-state index is 0.00827. The van der Waals surface area contributed by atoms with Gasteiger partial charge in [0.25, 0.3) is 0 Å². The number of cyclic esters (lactones) is 1. The first-order chi connectivity index (χ1) is 30.9. The quantitative estimate of drug-likeness (QED) is 0.109. The van der Waals surface area contributed by atoms with E-state index >= 15 is 14.4 Å². The molecule has 4 aliphatic heterocycles. The van der Waals surface area contributed by atoms with E-state index < -0.39 is 41.5 Å². The third-order valence-corrected chi connectivity index (χ3v) is 13.2. The maximum Gasteiger partial charge on any atom is 0.324 e. The SMILES string of the molecule is CN(CC#Cc1ccc2c(c1)[C@]1(C(=O)N2)[C@H](C(=O)N2CCCCCCC2)[C@H]2C(=O)O[C@H](c3ccccc3)[C@H](c3ccccc3)N2[C@@H]1c1ccccc1OCCO)Cc1ccccc1. The summed E-state index contributed by atoms with van der Waals surface area (Å²) >= 11 is 0. The molecule has 4 heterocycles. The van der Waals surface area contributed by atoms with Crippen molar-refractivity contribution in [3.8, 4) is 17.6 Å². The Kier molecular flexibility index (Phi) is 12.4. The Morgan fingerprint density at radius 2 is 1.48 bits per heavy atom. The number of hydrogen-bond acceptors (Lipinski definition) is 8. The molecule has 3 saturated heterocycles. The fraction of sp³-hybridized carbons (Fsp3) is 0.340. The topological polar surface area (TPSA) is 112 Å². The van der Waals surface area contributed by atoms with E-state index in [0.717, 1.165) is 49.8 Å². The van der Waals surface area contributed by atoms with Gasteiger partial charge in [-0.15, -0.1) is 0 Å². The summed E-state index contributed by atoms with van der Waals surface area (Å²) in [5.74, 6) is 4.82. The molecule has 0 radical (unpaired) electrons. The number of aliphatic hydroxyl groups excluding tert-OH is 1. The van der Waals surface area contributed by atoms with Gasteiger partial charge in [-0.1, -0.05) is 140 Å². The Balaban J connectivity index is 1.27. The lowest BCUT2D eigenvalue weighted by Crippen LogP contribution is -2.55. The number of benzene rings is 5. The Labute approximate surface area is 369 Å². The fourth-order valence-electron chi connectivity index (χ4n) is 10.5. The molecule has 4 aliphatic rings. The second-order valence-corrected chi connectivity index (χ2v) is 17.1. The van der Waals surface area contributed by atoms with Crippen LogP contribution >= 0.6 is 0 Å². The standard InChI is InChI=1S/C53H54N4O6/c1-55(36-38-19-8-5-9-20-38)30-18-21-37-28-29-43-42(35-37)53(52(61)54-43)45(50(59)56-31-16-3-2-4-17-32-56)47-51(60)63-48(40-24-12-7-13-25-40)46(39-22-10-6-11-23-39)57(47)49(53)41-26-14-15-27-44(41)62-34-33-58/h5-15,19-20,22-29,35,45-49,58H,2-4,16-17,30-34,36H2,1H3,(H,54,61)/t45-,46-,47-,48+,49+,53-/m0/s1. The van der Waals surface area contributed by atoms with E-state index in [1.54, 1.807) is 0 Å². The van der Waals surface area contributed by atoms with Gasteiger partial charge in [-0.25, -0.2) is 0 Å². The molecule has 10 heteroatoms. The van der Waals surface area contributed by atoms with E-state index in [1.807, 2.05) is 133 Å². The van der Waals surface area contributed by atoms with Crippen molar-refractivity contribution in [2.24, 2.45) is 5.92 Å². The van der Waals surface area contributed by atoms with Crippen molar-refractivity contribution in [1.29, 1.82) is 0 Å². The van der Waals surface area contributed by atoms with Crippen LogP contribution in [0.1, 0.15) is 83.7 Å². The van der Waals surface area contributed by atoms with Crippen LogP contribution in [-0.4, -0.2) is 83.5 Å². The number of esters is 1. The highest BCUT2D eigenvalue weighted by Crippen LogP contribution is 2.66. The summed E-state index contributed by atoms with van der Waals surface area (Å²) in [5, 5.41) is 13.2. The van der Waals surface area contributed by atoms with E-state index in [-0.39, 0.29) is 25.0 Å². The summed E-state index contributed by atoms with van der Waals surface area (Å²) in [7, 11) is 2.03. The van der Waals surface area contributed by atoms with E-state index in [2.05, 4.69) is 39.1 Å². The Hall–Kier alpha value is -6.25. The molecule has 322 valence electrons. The monoisotopic (exact) mass is 842 g/mol. The van der Waals surface area contributed by atoms with Gasteiger partial charge in [0.2, 0.25) is 11.8 Å². The van der Waals surface area contributed by atoms with Gasteiger partial charge in [-0.2, -0.15) is 0 Å². The second-order valence-electron chi connectivity index (χ2n) is 17.1. The maximum atomic E-state index is 15.9. The summed E-state index contributed by atoms with van der Waals surface area (Å²) in [4.78, 5) is 53.1. The van der Waals surface area contributed by atoms with Gasteiger partial charge in [-0.3, -0.25) is 24.2 Å². The number of aliphatic hydroxyl groups is 1. The number of carbonyl (C=O) groups excluding carboxylic acids is 3. The number of para-hydroxylation sites is 1. The first-order valence-electron chi connectivity index (χ1n) is 22.3. The summed E-state index contributed by atoms with van der Waals surface area (Å²) in [6.45, 7) is 2.07. The minimum Gasteiger partial charge on any atom is -0.491 e. The number of carbonyl (C=O) groups is 3. The van der Waals surface area contributed by atoms with Crippen LogP contribution in [-0.2, 0) is 31.1 Å². The molecule has 10 nitrogen and oxygen atoms in total. The molecule has 63 heavy (non-hydrogen) atoms. The third kappa shape index (κ3) is 8.02. The highest BCUT2D eigenvalue weighted by Gasteiger charge is 2.74. The van der Waals surface area contributed by atoms with Gasteiger partial charge < -0.3 is 24.8 Å². The number of hydrogen-bond donors (Lipinski definition) is 2. The Morgan fingerprint density at radius 3 is 2.19 bits per heavy atom. The van der Waals surface area contributed by atoms with Gasteiger partial charge in [0.05, 0.1) is 31.2 Å². The van der Waals surface area contributed by atoms with Gasteiger partial charge in [0.1, 0.15) is 29.9 Å². The summed E-state index contributed by atoms with van der Waals surface area (Å²) < 4.78 is 13.0. The molecule has 0 aromatic heterocycles. The lowest BCUT2D eigenvalue weighted by atomic mass is 9.64. The summed E-state index contributed by atoms with van der Waals surface area (Å²) in [5.41, 5.74) is 3.69. The number of nitrogens with one attached hydrogen (secondary N) is 1. The highest BCUT2D eigenvalue weighted by atomic mass is 16.6. The van der Waals surface area contributed by atoms with Crippen LogP contribution in [0.2, 0.25) is 0 Å². The second kappa shape index (κ2) is 18.6. The molecule has 1 spiro atoms. The average molecular weight is 843 g/mol. The van der Waals surface area contributed by atoms with Crippen LogP contribution in [0.4, 0.5) is 5.69 Å². The molecule has 0 saturated carbocycles. The van der Waals surface area contributed by atoms with Gasteiger partial charge in [-0.05, 0) is 66.4 Å². The number of nitrogens with zero attached hydrogens (tertiary/aromatic N) is 3. The molecule has 3 fully saturated rings. The van der Waals surface area contributed by atoms with Crippen molar-refractivity contribution >= 4 is 23.5 Å². The van der Waals surface area contributed by atoms with Gasteiger partial charge in [0, 0.05) is 36.4 Å². The molecule has 9 rings (SSSR count). The van der Waals surface area contributed by atoms with Crippen molar-refractivity contribution in [2.45, 2.75) is 68.3 Å². The Bertz CT molecular complexity index is 2480. The van der Waals surface area contributed by atoms with Crippen molar-refractivity contribution in [3.63, 3.8) is 0 Å². The number of likely N-dealkylation sites (tertiary alicyclic amines) is 1. The first kappa shape index (κ1) is 42.1. The Morgan fingerprint density at radius 1 is 0.825 bits per heavy atom. The molecule has 5 aromatic carbocycles. The van der Waals surface area contributed by atoms with Gasteiger partial charge >= 0.3 is 5.97 Å². The normalized spacial score (nSPS) is 24.4. The summed E-state index contributed by atoms with van der Waals surface area (Å²) in [6.07, 6.45) is 3.97. The average Bonchev–Trinajstić information content (AvgIpc) is 3.77. The smallest absolute Gasteiger partial charge is 0.324 e. The molecule has 2 N–H and O–H groups in total. The van der Waals surface area contributed by atoms with Crippen molar-refractivity contribution in [3.05, 3.63) is 167 Å². The minimum atomic E-state index is -1.66. The fourth-order valence-corrected chi connectivity index (χ4v) is 10.5. The number of fused-ring (bicyclic) bond motifs is 3. The van der Waals surface area contributed by atoms with Crippen LogP contribution in [0.25, 0.3) is 0 Å². The van der Waals surface area contributed by atoms with Crippen molar-refractivity contribution < 1.29 is 29.0 Å². The number of morpholine rings is 1. The summed E-state index contributed by atoms with van der Waals surface area (Å²) in [6, 6.07) is 40.4. The number of rotatable bonds is 10. The zero-order valence-corrected chi connectivity index (χ0v) is 35.7. The number of ether oxygens (including phenoxy) is 2. The zero-order valence-electron chi connectivity index (χ0n) is 35.7. The molecular weight excluding hydrogens is 789 g/mol. The zero-order chi connectivity index (χ0) is 43.3. The van der Waals surface area contributed by atoms with Crippen LogP contribution in [0, 0.1) is 17.8 Å². The molecule has 5 aromatic rings. The van der Waals surface area contributed by atoms with Crippen molar-refractivity contribution in [1.82, 2.24) is 14.7 Å². The number of amides is 2. The van der Waals surface area contributed by atoms with Gasteiger partial charge in [0.15, 0.2) is 0 Å². The number of anilines is 1. The molecule has 0 bridgehead atoms. The molecule has 6 atom stereocenters. The largest absolute Gasteiger partial charge is 0.491 e. The lowest BCUT2D eigenvalue weighted by molar-refractivity contribution is -0.179. The van der Waals surface area contributed by atoms with E-state index in [4.69, 9.17) is 9.47 Å². The maximum absolute atomic E-state index is 15.9. The first-order valence-corrected chi connectivity index (χ1v) is 22.3. The van der Waals surface area contributed by atoms with Crippen molar-refractivity contribution in [2.75, 3.05) is 45.2 Å². The van der Waals surface area contributed by atoms with Crippen LogP contribution in [0.3, 0.4) is 0 Å². The predicted molar refractivity (Wildman–Crippen MR) is 241 cm³/mol. The van der Waals surface area contributed by atoms with E-state index in [1.165, 1.54) is 5.56 Å². The van der Waals surface area contributed by atoms with Crippen LogP contribution < -0.4 is 10.1 Å². The third-order valence-electron chi connectivity index (χ3n) is 13.2. The molecule has 0 unspecified atom stereocenters. The van der Waals surface area contributed by atoms with E-state index in [0.29, 0.717) is 47.8 Å². The molecular formula is C53H54N4O6.